The molecule has 0 fully saturated rings. The molecule has 154 valence electrons. The van der Waals surface area contributed by atoms with Gasteiger partial charge in [0.05, 0.1) is 5.52 Å². The van der Waals surface area contributed by atoms with Gasteiger partial charge < -0.3 is 4.90 Å². The lowest BCUT2D eigenvalue weighted by Crippen LogP contribution is -2.13. The molecule has 0 saturated carbocycles. The summed E-state index contributed by atoms with van der Waals surface area (Å²) in [6, 6.07) is 18.8. The number of aromatic nitrogens is 4. The lowest BCUT2D eigenvalue weighted by Gasteiger charge is -2.22. The van der Waals surface area contributed by atoms with E-state index in [0.717, 1.165) is 22.4 Å². The first-order valence-corrected chi connectivity index (χ1v) is 10.5. The molecule has 0 bridgehead atoms. The topological polar surface area (TPSA) is 46.3 Å². The van der Waals surface area contributed by atoms with Gasteiger partial charge in [0, 0.05) is 23.1 Å². The van der Waals surface area contributed by atoms with Gasteiger partial charge in [-0.05, 0) is 73.4 Å². The van der Waals surface area contributed by atoms with Crippen LogP contribution in [0.15, 0.2) is 60.9 Å². The maximum Gasteiger partial charge on any atom is 0.257 e. The average Bonchev–Trinajstić information content (AvgIpc) is 3.21. The minimum absolute atomic E-state index is 0.540. The number of anilines is 2. The SMILES string of the molecule is Cc1cc(C)c(-c2cccc(N(C)c3nc4nncn4c4cc(Cl)ccc34)c2)c(C)c1. The Morgan fingerprint density at radius 1 is 0.935 bits per heavy atom. The van der Waals surface area contributed by atoms with Gasteiger partial charge in [-0.3, -0.25) is 4.40 Å². The number of benzene rings is 3. The van der Waals surface area contributed by atoms with Crippen LogP contribution in [0.1, 0.15) is 16.7 Å². The van der Waals surface area contributed by atoms with E-state index in [4.69, 9.17) is 16.6 Å². The summed E-state index contributed by atoms with van der Waals surface area (Å²) < 4.78 is 1.86. The molecule has 0 unspecified atom stereocenters. The van der Waals surface area contributed by atoms with Crippen molar-refractivity contribution in [2.45, 2.75) is 20.8 Å². The molecule has 3 aromatic carbocycles. The number of hydrogen-bond donors (Lipinski definition) is 0. The predicted molar refractivity (Wildman–Crippen MR) is 127 cm³/mol. The zero-order valence-electron chi connectivity index (χ0n) is 17.9. The van der Waals surface area contributed by atoms with Gasteiger partial charge in [0.25, 0.3) is 5.78 Å². The molecule has 31 heavy (non-hydrogen) atoms. The minimum Gasteiger partial charge on any atom is -0.329 e. The summed E-state index contributed by atoms with van der Waals surface area (Å²) >= 11 is 6.28. The molecule has 0 amide bonds. The lowest BCUT2D eigenvalue weighted by molar-refractivity contribution is 1.08. The highest BCUT2D eigenvalue weighted by molar-refractivity contribution is 6.31. The van der Waals surface area contributed by atoms with Crippen LogP contribution < -0.4 is 4.90 Å². The van der Waals surface area contributed by atoms with Crippen LogP contribution in [-0.2, 0) is 0 Å². The second-order valence-corrected chi connectivity index (χ2v) is 8.42. The van der Waals surface area contributed by atoms with Crippen LogP contribution in [0.3, 0.4) is 0 Å². The van der Waals surface area contributed by atoms with Crippen LogP contribution in [0.2, 0.25) is 5.02 Å². The Balaban J connectivity index is 1.67. The maximum atomic E-state index is 6.28. The van der Waals surface area contributed by atoms with Gasteiger partial charge in [-0.2, -0.15) is 4.98 Å². The number of hydrogen-bond acceptors (Lipinski definition) is 4. The van der Waals surface area contributed by atoms with E-state index in [-0.39, 0.29) is 0 Å². The zero-order chi connectivity index (χ0) is 21.7. The number of aryl methyl sites for hydroxylation is 3. The van der Waals surface area contributed by atoms with Crippen molar-refractivity contribution in [2.24, 2.45) is 0 Å². The van der Waals surface area contributed by atoms with Crippen molar-refractivity contribution < 1.29 is 0 Å². The molecular weight excluding hydrogens is 406 g/mol. The monoisotopic (exact) mass is 427 g/mol. The molecule has 0 aliphatic heterocycles. The second-order valence-electron chi connectivity index (χ2n) is 7.98. The van der Waals surface area contributed by atoms with Gasteiger partial charge in [0.1, 0.15) is 12.1 Å². The van der Waals surface area contributed by atoms with Crippen molar-refractivity contribution in [1.29, 1.82) is 0 Å². The summed E-state index contributed by atoms with van der Waals surface area (Å²) in [5, 5.41) is 9.83. The standard InChI is InChI=1S/C25H22ClN5/c1-15-10-16(2)23(17(3)11-15)18-6-5-7-20(12-18)30(4)24-21-9-8-19(26)13-22(21)31-14-27-29-25(31)28-24/h5-14H,1-4H3. The summed E-state index contributed by atoms with van der Waals surface area (Å²) in [7, 11) is 2.03. The van der Waals surface area contributed by atoms with Crippen molar-refractivity contribution in [2.75, 3.05) is 11.9 Å². The molecule has 5 nitrogen and oxygen atoms in total. The van der Waals surface area contributed by atoms with E-state index < -0.39 is 0 Å². The highest BCUT2D eigenvalue weighted by atomic mass is 35.5. The molecular formula is C25H22ClN5. The van der Waals surface area contributed by atoms with Crippen LogP contribution in [0.5, 0.6) is 0 Å². The fraction of sp³-hybridized carbons (Fsp3) is 0.160. The largest absolute Gasteiger partial charge is 0.329 e. The van der Waals surface area contributed by atoms with Gasteiger partial charge in [-0.25, -0.2) is 0 Å². The van der Waals surface area contributed by atoms with Crippen LogP contribution in [0.25, 0.3) is 27.8 Å². The molecule has 0 aliphatic carbocycles. The third-order valence-corrected chi connectivity index (χ3v) is 5.95. The maximum absolute atomic E-state index is 6.28. The van der Waals surface area contributed by atoms with Gasteiger partial charge in [0.2, 0.25) is 0 Å². The minimum atomic E-state index is 0.540. The third kappa shape index (κ3) is 3.31. The van der Waals surface area contributed by atoms with Crippen LogP contribution in [-0.4, -0.2) is 26.6 Å². The molecule has 2 aromatic heterocycles. The molecule has 5 rings (SSSR count). The molecule has 0 aliphatic rings. The van der Waals surface area contributed by atoms with Crippen LogP contribution in [0.4, 0.5) is 11.5 Å². The highest BCUT2D eigenvalue weighted by Gasteiger charge is 2.16. The normalized spacial score (nSPS) is 11.4. The molecule has 2 heterocycles. The Labute approximate surface area is 185 Å². The van der Waals surface area contributed by atoms with Gasteiger partial charge in [0.15, 0.2) is 0 Å². The smallest absolute Gasteiger partial charge is 0.257 e. The summed E-state index contributed by atoms with van der Waals surface area (Å²) in [5.41, 5.74) is 8.27. The summed E-state index contributed by atoms with van der Waals surface area (Å²) in [6.07, 6.45) is 1.66. The Hall–Kier alpha value is -3.44. The average molecular weight is 428 g/mol. The van der Waals surface area contributed by atoms with Crippen molar-refractivity contribution in [3.63, 3.8) is 0 Å². The van der Waals surface area contributed by atoms with Crippen molar-refractivity contribution in [3.8, 4) is 11.1 Å². The van der Waals surface area contributed by atoms with Crippen molar-refractivity contribution >= 4 is 39.8 Å². The molecule has 0 spiro atoms. The molecule has 0 saturated heterocycles. The van der Waals surface area contributed by atoms with Gasteiger partial charge >= 0.3 is 0 Å². The van der Waals surface area contributed by atoms with Crippen molar-refractivity contribution in [3.05, 3.63) is 82.6 Å². The predicted octanol–water partition coefficient (Wildman–Crippen LogP) is 6.29. The Morgan fingerprint density at radius 3 is 2.48 bits per heavy atom. The Bertz CT molecular complexity index is 1430. The fourth-order valence-corrected chi connectivity index (χ4v) is 4.57. The zero-order valence-corrected chi connectivity index (χ0v) is 18.6. The van der Waals surface area contributed by atoms with E-state index in [1.54, 1.807) is 6.33 Å². The van der Waals surface area contributed by atoms with E-state index >= 15 is 0 Å². The van der Waals surface area contributed by atoms with Crippen LogP contribution >= 0.6 is 11.6 Å². The number of fused-ring (bicyclic) bond motifs is 3. The van der Waals surface area contributed by atoms with Gasteiger partial charge in [-0.15, -0.1) is 10.2 Å². The molecule has 0 N–H and O–H groups in total. The third-order valence-electron chi connectivity index (χ3n) is 5.71. The first kappa shape index (κ1) is 19.5. The summed E-state index contributed by atoms with van der Waals surface area (Å²) in [6.45, 7) is 6.48. The number of nitrogens with zero attached hydrogens (tertiary/aromatic N) is 5. The first-order chi connectivity index (χ1) is 14.9. The Morgan fingerprint density at radius 2 is 1.71 bits per heavy atom. The second kappa shape index (κ2) is 7.36. The molecule has 5 aromatic rings. The number of rotatable bonds is 3. The Kier molecular flexibility index (Phi) is 4.63. The van der Waals surface area contributed by atoms with Crippen molar-refractivity contribution in [1.82, 2.24) is 19.6 Å². The van der Waals surface area contributed by atoms with E-state index in [0.29, 0.717) is 10.8 Å². The highest BCUT2D eigenvalue weighted by Crippen LogP contribution is 2.35. The molecule has 0 radical (unpaired) electrons. The van der Waals surface area contributed by atoms with Gasteiger partial charge in [-0.1, -0.05) is 41.4 Å². The van der Waals surface area contributed by atoms with E-state index in [2.05, 4.69) is 72.3 Å². The lowest BCUT2D eigenvalue weighted by atomic mass is 9.93. The van der Waals surface area contributed by atoms with Crippen LogP contribution in [0, 0.1) is 20.8 Å². The summed E-state index contributed by atoms with van der Waals surface area (Å²) in [5.74, 6) is 1.35. The van der Waals surface area contributed by atoms with E-state index in [1.165, 1.54) is 27.8 Å². The summed E-state index contributed by atoms with van der Waals surface area (Å²) in [4.78, 5) is 6.88. The van der Waals surface area contributed by atoms with E-state index in [1.807, 2.05) is 29.6 Å². The fourth-order valence-electron chi connectivity index (χ4n) is 4.41. The van der Waals surface area contributed by atoms with E-state index in [9.17, 15) is 0 Å². The number of halogens is 1. The first-order valence-electron chi connectivity index (χ1n) is 10.1. The molecule has 0 atom stereocenters. The molecule has 6 heteroatoms. The quantitative estimate of drug-likeness (QED) is 0.339.